The van der Waals surface area contributed by atoms with Crippen LogP contribution in [0.15, 0.2) is 23.2 Å². The predicted molar refractivity (Wildman–Crippen MR) is 75.5 cm³/mol. The Morgan fingerprint density at radius 1 is 1.43 bits per heavy atom. The molecule has 1 aliphatic carbocycles. The fourth-order valence-electron chi connectivity index (χ4n) is 2.35. The van der Waals surface area contributed by atoms with Crippen molar-refractivity contribution in [2.45, 2.75) is 43.3 Å². The molecule has 0 radical (unpaired) electrons. The third-order valence-corrected chi connectivity index (χ3v) is 5.81. The monoisotopic (exact) mass is 347 g/mol. The lowest BCUT2D eigenvalue weighted by molar-refractivity contribution is -0.141. The molecule has 1 heterocycles. The highest BCUT2D eigenvalue weighted by Gasteiger charge is 2.39. The molecular formula is C14H16F3N3O2S. The van der Waals surface area contributed by atoms with Crippen molar-refractivity contribution >= 4 is 10.0 Å². The predicted octanol–water partition coefficient (Wildman–Crippen LogP) is 2.80. The third kappa shape index (κ3) is 4.00. The van der Waals surface area contributed by atoms with Crippen molar-refractivity contribution in [2.24, 2.45) is 5.92 Å². The molecule has 23 heavy (non-hydrogen) atoms. The van der Waals surface area contributed by atoms with Crippen LogP contribution >= 0.6 is 0 Å². The van der Waals surface area contributed by atoms with Gasteiger partial charge in [-0.1, -0.05) is 0 Å². The number of halogens is 3. The van der Waals surface area contributed by atoms with Gasteiger partial charge in [0.25, 0.3) is 0 Å². The first-order chi connectivity index (χ1) is 10.7. The Balaban J connectivity index is 2.31. The number of nitrogens with zero attached hydrogens (tertiary/aromatic N) is 3. The second-order valence-corrected chi connectivity index (χ2v) is 7.37. The van der Waals surface area contributed by atoms with E-state index in [1.54, 1.807) is 6.92 Å². The third-order valence-electron chi connectivity index (χ3n) is 3.84. The van der Waals surface area contributed by atoms with Crippen LogP contribution in [0.4, 0.5) is 13.2 Å². The largest absolute Gasteiger partial charge is 0.433 e. The summed E-state index contributed by atoms with van der Waals surface area (Å²) in [6.45, 7) is 1.77. The van der Waals surface area contributed by atoms with E-state index in [2.05, 4.69) is 4.98 Å². The lowest BCUT2D eigenvalue weighted by Gasteiger charge is -2.27. The van der Waals surface area contributed by atoms with E-state index in [9.17, 15) is 21.6 Å². The first-order valence-electron chi connectivity index (χ1n) is 7.10. The topological polar surface area (TPSA) is 74.1 Å². The molecule has 0 spiro atoms. The number of hydrogen-bond donors (Lipinski definition) is 0. The summed E-state index contributed by atoms with van der Waals surface area (Å²) in [5.74, 6) is 0.228. The van der Waals surface area contributed by atoms with Gasteiger partial charge < -0.3 is 0 Å². The van der Waals surface area contributed by atoms with Crippen molar-refractivity contribution in [1.82, 2.24) is 9.29 Å². The molecule has 5 nitrogen and oxygen atoms in total. The Morgan fingerprint density at radius 2 is 2.09 bits per heavy atom. The average molecular weight is 347 g/mol. The number of nitriles is 1. The molecule has 0 N–H and O–H groups in total. The normalized spacial score (nSPS) is 17.0. The van der Waals surface area contributed by atoms with Crippen LogP contribution in [-0.4, -0.2) is 30.3 Å². The van der Waals surface area contributed by atoms with Crippen LogP contribution in [0.25, 0.3) is 0 Å². The number of pyridine rings is 1. The lowest BCUT2D eigenvalue weighted by Crippen LogP contribution is -2.40. The standard InChI is InChI=1S/C14H16F3N3O2S/c1-10(11-3-4-11)20(8-2-7-18)23(21,22)12-5-6-13(19-9-12)14(15,16)17/h5-6,9-11H,2-4,8H2,1H3/t10-/m1/s1. The molecule has 1 aliphatic rings. The van der Waals surface area contributed by atoms with Gasteiger partial charge in [-0.25, -0.2) is 8.42 Å². The van der Waals surface area contributed by atoms with Crippen LogP contribution in [0.1, 0.15) is 31.9 Å². The molecule has 9 heteroatoms. The fraction of sp³-hybridized carbons (Fsp3) is 0.571. The van der Waals surface area contributed by atoms with Gasteiger partial charge in [0.15, 0.2) is 0 Å². The first-order valence-corrected chi connectivity index (χ1v) is 8.54. The molecule has 0 aliphatic heterocycles. The van der Waals surface area contributed by atoms with Crippen LogP contribution < -0.4 is 0 Å². The maximum Gasteiger partial charge on any atom is 0.433 e. The molecule has 1 fully saturated rings. The molecule has 1 aromatic rings. The zero-order chi connectivity index (χ0) is 17.3. The smallest absolute Gasteiger partial charge is 0.250 e. The summed E-state index contributed by atoms with van der Waals surface area (Å²) >= 11 is 0. The van der Waals surface area contributed by atoms with Gasteiger partial charge in [-0.2, -0.15) is 22.7 Å². The number of alkyl halides is 3. The molecule has 0 saturated heterocycles. The van der Waals surface area contributed by atoms with E-state index in [0.717, 1.165) is 25.1 Å². The van der Waals surface area contributed by atoms with Crippen molar-refractivity contribution in [1.29, 1.82) is 5.26 Å². The Morgan fingerprint density at radius 3 is 2.52 bits per heavy atom. The van der Waals surface area contributed by atoms with E-state index >= 15 is 0 Å². The van der Waals surface area contributed by atoms with Gasteiger partial charge in [-0.15, -0.1) is 0 Å². The molecule has 1 saturated carbocycles. The van der Waals surface area contributed by atoms with Gasteiger partial charge in [0.1, 0.15) is 10.6 Å². The van der Waals surface area contributed by atoms with E-state index in [1.807, 2.05) is 6.07 Å². The van der Waals surface area contributed by atoms with Crippen LogP contribution in [0.2, 0.25) is 0 Å². The van der Waals surface area contributed by atoms with Crippen molar-refractivity contribution in [3.63, 3.8) is 0 Å². The van der Waals surface area contributed by atoms with Crippen LogP contribution in [-0.2, 0) is 16.2 Å². The van der Waals surface area contributed by atoms with Crippen LogP contribution in [0.3, 0.4) is 0 Å². The summed E-state index contributed by atoms with van der Waals surface area (Å²) in [7, 11) is -3.99. The second kappa shape index (κ2) is 6.45. The van der Waals surface area contributed by atoms with Gasteiger partial charge in [0.05, 0.1) is 6.07 Å². The Kier molecular flexibility index (Phi) is 4.96. The molecule has 0 bridgehead atoms. The first kappa shape index (κ1) is 17.7. The van der Waals surface area contributed by atoms with Gasteiger partial charge in [0.2, 0.25) is 10.0 Å². The zero-order valence-electron chi connectivity index (χ0n) is 12.4. The van der Waals surface area contributed by atoms with Crippen LogP contribution in [0, 0.1) is 17.2 Å². The van der Waals surface area contributed by atoms with Gasteiger partial charge >= 0.3 is 6.18 Å². The number of aromatic nitrogens is 1. The summed E-state index contributed by atoms with van der Waals surface area (Å²) in [4.78, 5) is 2.91. The summed E-state index contributed by atoms with van der Waals surface area (Å²) in [6.07, 6.45) is -2.07. The highest BCUT2D eigenvalue weighted by Crippen LogP contribution is 2.37. The number of hydrogen-bond acceptors (Lipinski definition) is 4. The van der Waals surface area contributed by atoms with Gasteiger partial charge in [-0.05, 0) is 37.8 Å². The minimum absolute atomic E-state index is 0.0114. The zero-order valence-corrected chi connectivity index (χ0v) is 13.2. The Hall–Kier alpha value is -1.66. The highest BCUT2D eigenvalue weighted by molar-refractivity contribution is 7.89. The summed E-state index contributed by atoms with van der Waals surface area (Å²) in [6, 6.07) is 3.16. The van der Waals surface area contributed by atoms with Crippen molar-refractivity contribution in [3.8, 4) is 6.07 Å². The van der Waals surface area contributed by atoms with Crippen LogP contribution in [0.5, 0.6) is 0 Å². The van der Waals surface area contributed by atoms with Gasteiger partial charge in [-0.3, -0.25) is 4.98 Å². The highest BCUT2D eigenvalue weighted by atomic mass is 32.2. The Labute approximate surface area is 132 Å². The molecule has 1 atom stereocenters. The minimum atomic E-state index is -4.62. The van der Waals surface area contributed by atoms with Crippen molar-refractivity contribution in [2.75, 3.05) is 6.54 Å². The van der Waals surface area contributed by atoms with Crippen molar-refractivity contribution in [3.05, 3.63) is 24.0 Å². The molecular weight excluding hydrogens is 331 g/mol. The average Bonchev–Trinajstić information content (AvgIpc) is 3.31. The fourth-order valence-corrected chi connectivity index (χ4v) is 3.99. The lowest BCUT2D eigenvalue weighted by atomic mass is 10.2. The quantitative estimate of drug-likeness (QED) is 0.793. The molecule has 2 rings (SSSR count). The van der Waals surface area contributed by atoms with Crippen molar-refractivity contribution < 1.29 is 21.6 Å². The van der Waals surface area contributed by atoms with E-state index in [0.29, 0.717) is 6.07 Å². The number of rotatable bonds is 6. The van der Waals surface area contributed by atoms with E-state index < -0.39 is 21.9 Å². The molecule has 0 unspecified atom stereocenters. The minimum Gasteiger partial charge on any atom is -0.250 e. The molecule has 0 aromatic carbocycles. The summed E-state index contributed by atoms with van der Waals surface area (Å²) < 4.78 is 64.1. The Bertz CT molecular complexity index is 691. The summed E-state index contributed by atoms with van der Waals surface area (Å²) in [5.41, 5.74) is -1.14. The number of sulfonamides is 1. The molecule has 0 amide bonds. The van der Waals surface area contributed by atoms with E-state index in [1.165, 1.54) is 4.31 Å². The van der Waals surface area contributed by atoms with E-state index in [-0.39, 0.29) is 29.8 Å². The SMILES string of the molecule is C[C@H](C1CC1)N(CCC#N)S(=O)(=O)c1ccc(C(F)(F)F)nc1. The second-order valence-electron chi connectivity index (χ2n) is 5.48. The maximum absolute atomic E-state index is 12.7. The van der Waals surface area contributed by atoms with E-state index in [4.69, 9.17) is 5.26 Å². The molecule has 126 valence electrons. The summed E-state index contributed by atoms with van der Waals surface area (Å²) in [5, 5.41) is 8.70. The van der Waals surface area contributed by atoms with Gasteiger partial charge in [0, 0.05) is 25.2 Å². The maximum atomic E-state index is 12.7. The molecule has 1 aromatic heterocycles.